The standard InChI is InChI=1S/C25H24FN5O2/c26-22-6-2-1-5-21(22)24-28-23(33-29-24)14-19-4-3-12-31(16-19)25(32)20-9-7-18(8-10-20)15-30-13-11-27-17-30/h1-2,5-11,13,17,19H,3-4,12,14-16H2/t19-/m1/s1. The van der Waals surface area contributed by atoms with Crippen molar-refractivity contribution in [1.82, 2.24) is 24.6 Å². The van der Waals surface area contributed by atoms with Crippen LogP contribution in [-0.2, 0) is 13.0 Å². The van der Waals surface area contributed by atoms with Crippen molar-refractivity contribution in [1.29, 1.82) is 0 Å². The van der Waals surface area contributed by atoms with E-state index in [0.717, 1.165) is 31.5 Å². The summed E-state index contributed by atoms with van der Waals surface area (Å²) in [5.41, 5.74) is 2.12. The van der Waals surface area contributed by atoms with Crippen LogP contribution in [0.5, 0.6) is 0 Å². The molecule has 7 nitrogen and oxygen atoms in total. The lowest BCUT2D eigenvalue weighted by atomic mass is 9.94. The molecule has 0 bridgehead atoms. The summed E-state index contributed by atoms with van der Waals surface area (Å²) in [5.74, 6) is 0.595. The molecular weight excluding hydrogens is 421 g/mol. The van der Waals surface area contributed by atoms with Crippen LogP contribution in [0.3, 0.4) is 0 Å². The fraction of sp³-hybridized carbons (Fsp3) is 0.280. The maximum absolute atomic E-state index is 14.0. The number of amides is 1. The quantitative estimate of drug-likeness (QED) is 0.444. The van der Waals surface area contributed by atoms with E-state index in [1.807, 2.05) is 39.9 Å². The minimum atomic E-state index is -0.379. The summed E-state index contributed by atoms with van der Waals surface area (Å²) in [5, 5.41) is 3.94. The molecule has 8 heteroatoms. The fourth-order valence-electron chi connectivity index (χ4n) is 4.28. The van der Waals surface area contributed by atoms with Gasteiger partial charge in [0, 0.05) is 44.0 Å². The number of benzene rings is 2. The molecule has 2 aromatic carbocycles. The van der Waals surface area contributed by atoms with Crippen molar-refractivity contribution in [2.75, 3.05) is 13.1 Å². The Labute approximate surface area is 190 Å². The van der Waals surface area contributed by atoms with Gasteiger partial charge in [0.1, 0.15) is 5.82 Å². The highest BCUT2D eigenvalue weighted by molar-refractivity contribution is 5.94. The number of piperidine rings is 1. The molecular formula is C25H24FN5O2. The van der Waals surface area contributed by atoms with E-state index in [1.165, 1.54) is 6.07 Å². The van der Waals surface area contributed by atoms with Gasteiger partial charge in [0.25, 0.3) is 5.91 Å². The van der Waals surface area contributed by atoms with Crippen LogP contribution in [0.1, 0.15) is 34.7 Å². The van der Waals surface area contributed by atoms with Gasteiger partial charge < -0.3 is 14.0 Å². The molecule has 0 N–H and O–H groups in total. The van der Waals surface area contributed by atoms with Crippen LogP contribution in [0, 0.1) is 11.7 Å². The van der Waals surface area contributed by atoms with Gasteiger partial charge in [-0.2, -0.15) is 4.98 Å². The van der Waals surface area contributed by atoms with Gasteiger partial charge in [-0.05, 0) is 48.6 Å². The predicted octanol–water partition coefficient (Wildman–Crippen LogP) is 4.22. The summed E-state index contributed by atoms with van der Waals surface area (Å²) < 4.78 is 21.4. The first-order chi connectivity index (χ1) is 16.2. The second-order valence-corrected chi connectivity index (χ2v) is 8.39. The highest BCUT2D eigenvalue weighted by Crippen LogP contribution is 2.24. The molecule has 33 heavy (non-hydrogen) atoms. The van der Waals surface area contributed by atoms with Crippen LogP contribution in [0.15, 0.2) is 71.8 Å². The van der Waals surface area contributed by atoms with Crippen molar-refractivity contribution in [2.45, 2.75) is 25.8 Å². The Bertz CT molecular complexity index is 1220. The average Bonchev–Trinajstić information content (AvgIpc) is 3.52. The third-order valence-corrected chi connectivity index (χ3v) is 5.98. The maximum atomic E-state index is 14.0. The van der Waals surface area contributed by atoms with Crippen LogP contribution in [-0.4, -0.2) is 43.6 Å². The summed E-state index contributed by atoms with van der Waals surface area (Å²) in [7, 11) is 0. The van der Waals surface area contributed by atoms with Crippen molar-refractivity contribution in [3.05, 3.63) is 90.1 Å². The zero-order valence-electron chi connectivity index (χ0n) is 18.1. The minimum Gasteiger partial charge on any atom is -0.339 e. The molecule has 1 amide bonds. The van der Waals surface area contributed by atoms with Gasteiger partial charge in [-0.1, -0.05) is 29.4 Å². The highest BCUT2D eigenvalue weighted by atomic mass is 19.1. The number of carbonyl (C=O) groups is 1. The Morgan fingerprint density at radius 2 is 2.00 bits per heavy atom. The van der Waals surface area contributed by atoms with E-state index in [4.69, 9.17) is 4.52 Å². The fourth-order valence-corrected chi connectivity index (χ4v) is 4.28. The van der Waals surface area contributed by atoms with Crippen LogP contribution in [0.4, 0.5) is 4.39 Å². The number of hydrogen-bond acceptors (Lipinski definition) is 5. The van der Waals surface area contributed by atoms with Crippen LogP contribution >= 0.6 is 0 Å². The lowest BCUT2D eigenvalue weighted by Gasteiger charge is -2.32. The number of hydrogen-bond donors (Lipinski definition) is 0. The lowest BCUT2D eigenvalue weighted by molar-refractivity contribution is 0.0668. The summed E-state index contributed by atoms with van der Waals surface area (Å²) in [6, 6.07) is 14.1. The molecule has 168 valence electrons. The molecule has 1 atom stereocenters. The van der Waals surface area contributed by atoms with Crippen molar-refractivity contribution < 1.29 is 13.7 Å². The zero-order valence-corrected chi connectivity index (χ0v) is 18.1. The molecule has 1 aliphatic heterocycles. The van der Waals surface area contributed by atoms with Crippen molar-refractivity contribution in [3.63, 3.8) is 0 Å². The van der Waals surface area contributed by atoms with Crippen LogP contribution in [0.2, 0.25) is 0 Å². The van der Waals surface area contributed by atoms with Gasteiger partial charge in [-0.3, -0.25) is 4.79 Å². The van der Waals surface area contributed by atoms with Crippen LogP contribution < -0.4 is 0 Å². The minimum absolute atomic E-state index is 0.0338. The first-order valence-corrected chi connectivity index (χ1v) is 11.1. The van der Waals surface area contributed by atoms with Gasteiger partial charge in [0.15, 0.2) is 0 Å². The van der Waals surface area contributed by atoms with E-state index in [1.54, 1.807) is 30.7 Å². The molecule has 5 rings (SSSR count). The second kappa shape index (κ2) is 9.36. The Morgan fingerprint density at radius 1 is 1.15 bits per heavy atom. The number of imidazole rings is 1. The highest BCUT2D eigenvalue weighted by Gasteiger charge is 2.26. The number of likely N-dealkylation sites (tertiary alicyclic amines) is 1. The molecule has 1 saturated heterocycles. The SMILES string of the molecule is O=C(c1ccc(Cn2ccnc2)cc1)N1CCC[C@H](Cc2nc(-c3ccccc3F)no2)C1. The molecule has 0 spiro atoms. The molecule has 1 aliphatic rings. The van der Waals surface area contributed by atoms with Crippen LogP contribution in [0.25, 0.3) is 11.4 Å². The van der Waals surface area contributed by atoms with Gasteiger partial charge in [-0.25, -0.2) is 9.37 Å². The summed E-state index contributed by atoms with van der Waals surface area (Å²) >= 11 is 0. The predicted molar refractivity (Wildman–Crippen MR) is 120 cm³/mol. The number of carbonyl (C=O) groups excluding carboxylic acids is 1. The van der Waals surface area contributed by atoms with Gasteiger partial charge >= 0.3 is 0 Å². The molecule has 0 radical (unpaired) electrons. The number of aromatic nitrogens is 4. The van der Waals surface area contributed by atoms with Gasteiger partial charge in [0.05, 0.1) is 11.9 Å². The number of nitrogens with zero attached hydrogens (tertiary/aromatic N) is 5. The molecule has 0 unspecified atom stereocenters. The van der Waals surface area contributed by atoms with Gasteiger partial charge in [-0.15, -0.1) is 0 Å². The molecule has 0 aliphatic carbocycles. The molecule has 3 heterocycles. The van der Waals surface area contributed by atoms with E-state index < -0.39 is 0 Å². The number of halogens is 1. The molecule has 4 aromatic rings. The van der Waals surface area contributed by atoms with E-state index >= 15 is 0 Å². The Balaban J connectivity index is 1.21. The second-order valence-electron chi connectivity index (χ2n) is 8.39. The van der Waals surface area contributed by atoms with Crippen molar-refractivity contribution >= 4 is 5.91 Å². The normalized spacial score (nSPS) is 16.2. The number of rotatable bonds is 6. The molecule has 0 saturated carbocycles. The van der Waals surface area contributed by atoms with E-state index in [-0.39, 0.29) is 23.5 Å². The molecule has 2 aromatic heterocycles. The summed E-state index contributed by atoms with van der Waals surface area (Å²) in [6.07, 6.45) is 7.90. The van der Waals surface area contributed by atoms with E-state index in [2.05, 4.69) is 15.1 Å². The first-order valence-electron chi connectivity index (χ1n) is 11.1. The zero-order chi connectivity index (χ0) is 22.6. The Kier molecular flexibility index (Phi) is 5.97. The average molecular weight is 445 g/mol. The monoisotopic (exact) mass is 445 g/mol. The maximum Gasteiger partial charge on any atom is 0.253 e. The summed E-state index contributed by atoms with van der Waals surface area (Å²) in [4.78, 5) is 23.4. The Morgan fingerprint density at radius 3 is 2.79 bits per heavy atom. The van der Waals surface area contributed by atoms with Gasteiger partial charge in [0.2, 0.25) is 11.7 Å². The largest absolute Gasteiger partial charge is 0.339 e. The first kappa shape index (κ1) is 21.1. The van der Waals surface area contributed by atoms with Crippen molar-refractivity contribution in [3.8, 4) is 11.4 Å². The lowest BCUT2D eigenvalue weighted by Crippen LogP contribution is -2.40. The smallest absolute Gasteiger partial charge is 0.253 e. The van der Waals surface area contributed by atoms with E-state index in [9.17, 15) is 9.18 Å². The van der Waals surface area contributed by atoms with E-state index in [0.29, 0.717) is 30.0 Å². The Hall–Kier alpha value is -3.81. The van der Waals surface area contributed by atoms with Crippen molar-refractivity contribution in [2.24, 2.45) is 5.92 Å². The summed E-state index contributed by atoms with van der Waals surface area (Å²) in [6.45, 7) is 2.09. The third-order valence-electron chi connectivity index (χ3n) is 5.98. The third kappa shape index (κ3) is 4.84. The topological polar surface area (TPSA) is 77.1 Å². The molecule has 1 fully saturated rings.